The molecule has 6 heteroatoms. The number of benzene rings is 1. The van der Waals surface area contributed by atoms with Crippen LogP contribution in [0.3, 0.4) is 0 Å². The van der Waals surface area contributed by atoms with Crippen molar-refractivity contribution in [1.29, 1.82) is 0 Å². The van der Waals surface area contributed by atoms with E-state index in [4.69, 9.17) is 4.74 Å². The second kappa shape index (κ2) is 9.92. The van der Waals surface area contributed by atoms with Crippen molar-refractivity contribution in [2.45, 2.75) is 45.1 Å². The third-order valence-corrected chi connectivity index (χ3v) is 6.31. The Morgan fingerprint density at radius 2 is 1.86 bits per heavy atom. The maximum absolute atomic E-state index is 13.1. The van der Waals surface area contributed by atoms with Crippen LogP contribution >= 0.6 is 0 Å². The molecule has 3 amide bonds. The number of hydrogen-bond acceptors (Lipinski definition) is 3. The zero-order chi connectivity index (χ0) is 19.9. The van der Waals surface area contributed by atoms with Gasteiger partial charge in [0.2, 0.25) is 5.91 Å². The van der Waals surface area contributed by atoms with E-state index >= 15 is 0 Å². The molecular formula is C22H33N3O3. The van der Waals surface area contributed by atoms with Crippen LogP contribution in [0, 0.1) is 11.8 Å². The van der Waals surface area contributed by atoms with Crippen LogP contribution in [0.15, 0.2) is 30.3 Å². The summed E-state index contributed by atoms with van der Waals surface area (Å²) in [5.74, 6) is 0.764. The minimum Gasteiger partial charge on any atom is -0.378 e. The molecule has 0 radical (unpaired) electrons. The molecule has 1 aromatic rings. The summed E-state index contributed by atoms with van der Waals surface area (Å²) in [5.41, 5.74) is 0.930. The lowest BCUT2D eigenvalue weighted by Gasteiger charge is -2.35. The van der Waals surface area contributed by atoms with Gasteiger partial charge in [-0.2, -0.15) is 0 Å². The van der Waals surface area contributed by atoms with Crippen LogP contribution in [0.1, 0.15) is 44.6 Å². The van der Waals surface area contributed by atoms with Crippen molar-refractivity contribution in [2.24, 2.45) is 11.8 Å². The molecule has 1 saturated carbocycles. The maximum atomic E-state index is 13.1. The SMILES string of the molecule is CC1CCCC(NC(=O)NCC(C(=O)N2CCOCC2)c2ccccc2)C1C. The van der Waals surface area contributed by atoms with Crippen molar-refractivity contribution in [1.82, 2.24) is 15.5 Å². The normalized spacial score (nSPS) is 26.4. The fraction of sp³-hybridized carbons (Fsp3) is 0.636. The highest BCUT2D eigenvalue weighted by molar-refractivity contribution is 5.85. The Balaban J connectivity index is 1.61. The lowest BCUT2D eigenvalue weighted by Crippen LogP contribution is -2.50. The topological polar surface area (TPSA) is 70.7 Å². The average Bonchev–Trinajstić information content (AvgIpc) is 2.73. The van der Waals surface area contributed by atoms with Crippen LogP contribution in [0.2, 0.25) is 0 Å². The Morgan fingerprint density at radius 1 is 1.14 bits per heavy atom. The van der Waals surface area contributed by atoms with E-state index in [1.807, 2.05) is 35.2 Å². The predicted octanol–water partition coefficient (Wildman–Crippen LogP) is 2.75. The lowest BCUT2D eigenvalue weighted by molar-refractivity contribution is -0.136. The number of carbonyl (C=O) groups excluding carboxylic acids is 2. The van der Waals surface area contributed by atoms with E-state index in [2.05, 4.69) is 24.5 Å². The zero-order valence-electron chi connectivity index (χ0n) is 17.0. The standard InChI is InChI=1S/C22H33N3O3/c1-16-7-6-10-20(17(16)2)24-22(27)23-15-19(18-8-4-3-5-9-18)21(26)25-11-13-28-14-12-25/h3-5,8-9,16-17,19-20H,6-7,10-15H2,1-2H3,(H2,23,24,27). The molecule has 3 rings (SSSR count). The van der Waals surface area contributed by atoms with E-state index in [1.54, 1.807) is 0 Å². The number of rotatable bonds is 5. The number of urea groups is 1. The Kier molecular flexibility index (Phi) is 7.31. The highest BCUT2D eigenvalue weighted by atomic mass is 16.5. The van der Waals surface area contributed by atoms with Crippen molar-refractivity contribution in [3.63, 3.8) is 0 Å². The van der Waals surface area contributed by atoms with E-state index in [1.165, 1.54) is 6.42 Å². The molecule has 1 aliphatic carbocycles. The largest absolute Gasteiger partial charge is 0.378 e. The number of amides is 3. The number of carbonyl (C=O) groups is 2. The monoisotopic (exact) mass is 387 g/mol. The molecule has 1 saturated heterocycles. The van der Waals surface area contributed by atoms with Gasteiger partial charge in [-0.05, 0) is 23.8 Å². The van der Waals surface area contributed by atoms with Gasteiger partial charge >= 0.3 is 6.03 Å². The summed E-state index contributed by atoms with van der Waals surface area (Å²) in [4.78, 5) is 27.5. The summed E-state index contributed by atoms with van der Waals surface area (Å²) in [6.45, 7) is 7.10. The molecule has 0 spiro atoms. The average molecular weight is 388 g/mol. The number of nitrogens with zero attached hydrogens (tertiary/aromatic N) is 1. The van der Waals surface area contributed by atoms with Gasteiger partial charge in [0, 0.05) is 25.7 Å². The van der Waals surface area contributed by atoms with Crippen molar-refractivity contribution in [3.8, 4) is 0 Å². The van der Waals surface area contributed by atoms with Crippen molar-refractivity contribution < 1.29 is 14.3 Å². The predicted molar refractivity (Wildman–Crippen MR) is 109 cm³/mol. The Bertz CT molecular complexity index is 646. The van der Waals surface area contributed by atoms with Crippen LogP contribution in [-0.2, 0) is 9.53 Å². The van der Waals surface area contributed by atoms with Crippen LogP contribution in [0.5, 0.6) is 0 Å². The molecular weight excluding hydrogens is 354 g/mol. The molecule has 1 aromatic carbocycles. The quantitative estimate of drug-likeness (QED) is 0.816. The van der Waals surface area contributed by atoms with Crippen LogP contribution in [0.4, 0.5) is 4.79 Å². The maximum Gasteiger partial charge on any atom is 0.315 e. The lowest BCUT2D eigenvalue weighted by atomic mass is 9.78. The van der Waals surface area contributed by atoms with E-state index in [0.29, 0.717) is 44.7 Å². The summed E-state index contributed by atoms with van der Waals surface area (Å²) in [6, 6.07) is 9.72. The number of ether oxygens (including phenoxy) is 1. The first-order valence-electron chi connectivity index (χ1n) is 10.5. The number of hydrogen-bond donors (Lipinski definition) is 2. The van der Waals surface area contributed by atoms with E-state index in [9.17, 15) is 9.59 Å². The summed E-state index contributed by atoms with van der Waals surface area (Å²) >= 11 is 0. The minimum atomic E-state index is -0.382. The van der Waals surface area contributed by atoms with E-state index in [-0.39, 0.29) is 23.9 Å². The molecule has 0 aromatic heterocycles. The Hall–Kier alpha value is -2.08. The van der Waals surface area contributed by atoms with Gasteiger partial charge in [-0.3, -0.25) is 4.79 Å². The fourth-order valence-electron chi connectivity index (χ4n) is 4.24. The second-order valence-corrected chi connectivity index (χ2v) is 8.13. The molecule has 1 aliphatic heterocycles. The zero-order valence-corrected chi connectivity index (χ0v) is 17.0. The van der Waals surface area contributed by atoms with Crippen LogP contribution in [0.25, 0.3) is 0 Å². The number of morpholine rings is 1. The smallest absolute Gasteiger partial charge is 0.315 e. The van der Waals surface area contributed by atoms with Crippen molar-refractivity contribution in [2.75, 3.05) is 32.8 Å². The molecule has 154 valence electrons. The second-order valence-electron chi connectivity index (χ2n) is 8.13. The van der Waals surface area contributed by atoms with Crippen molar-refractivity contribution in [3.05, 3.63) is 35.9 Å². The van der Waals surface area contributed by atoms with Gasteiger partial charge < -0.3 is 20.3 Å². The molecule has 6 nitrogen and oxygen atoms in total. The van der Waals surface area contributed by atoms with Gasteiger partial charge in [0.25, 0.3) is 0 Å². The molecule has 2 N–H and O–H groups in total. The van der Waals surface area contributed by atoms with Gasteiger partial charge in [0.15, 0.2) is 0 Å². The summed E-state index contributed by atoms with van der Waals surface area (Å²) in [5, 5.41) is 6.08. The highest BCUT2D eigenvalue weighted by Crippen LogP contribution is 2.29. The Labute approximate surface area is 168 Å². The first-order valence-corrected chi connectivity index (χ1v) is 10.5. The molecule has 28 heavy (non-hydrogen) atoms. The van der Waals surface area contributed by atoms with Gasteiger partial charge in [0.1, 0.15) is 0 Å². The molecule has 4 unspecified atom stereocenters. The van der Waals surface area contributed by atoms with E-state index < -0.39 is 0 Å². The summed E-state index contributed by atoms with van der Waals surface area (Å²) in [7, 11) is 0. The molecule has 0 bridgehead atoms. The highest BCUT2D eigenvalue weighted by Gasteiger charge is 2.30. The van der Waals surface area contributed by atoms with Crippen molar-refractivity contribution >= 4 is 11.9 Å². The summed E-state index contributed by atoms with van der Waals surface area (Å²) in [6.07, 6.45) is 3.40. The number of nitrogens with one attached hydrogen (secondary N) is 2. The first kappa shape index (κ1) is 20.6. The Morgan fingerprint density at radius 3 is 2.57 bits per heavy atom. The van der Waals surface area contributed by atoms with Crippen LogP contribution < -0.4 is 10.6 Å². The first-order chi connectivity index (χ1) is 13.6. The van der Waals surface area contributed by atoms with Gasteiger partial charge in [-0.15, -0.1) is 0 Å². The minimum absolute atomic E-state index is 0.0504. The molecule has 2 fully saturated rings. The summed E-state index contributed by atoms with van der Waals surface area (Å²) < 4.78 is 5.36. The molecule has 4 atom stereocenters. The van der Waals surface area contributed by atoms with Gasteiger partial charge in [-0.1, -0.05) is 57.0 Å². The fourth-order valence-corrected chi connectivity index (χ4v) is 4.24. The van der Waals surface area contributed by atoms with Crippen LogP contribution in [-0.4, -0.2) is 55.7 Å². The molecule has 1 heterocycles. The van der Waals surface area contributed by atoms with Gasteiger partial charge in [0.05, 0.1) is 19.1 Å². The third kappa shape index (κ3) is 5.25. The van der Waals surface area contributed by atoms with E-state index in [0.717, 1.165) is 18.4 Å². The van der Waals surface area contributed by atoms with Gasteiger partial charge in [-0.25, -0.2) is 4.79 Å². The third-order valence-electron chi connectivity index (χ3n) is 6.31. The molecule has 2 aliphatic rings.